The molecule has 4 heteroatoms. The summed E-state index contributed by atoms with van der Waals surface area (Å²) in [4.78, 5) is 0. The molecule has 0 bridgehead atoms. The van der Waals surface area contributed by atoms with E-state index in [1.165, 1.54) is 13.0 Å². The minimum Gasteiger partial charge on any atom is -0.236 e. The van der Waals surface area contributed by atoms with Gasteiger partial charge in [-0.15, -0.1) is 6.58 Å². The van der Waals surface area contributed by atoms with Gasteiger partial charge in [0.05, 0.1) is 0 Å². The number of allylic oxidation sites excluding steroid dienone is 1. The van der Waals surface area contributed by atoms with Crippen LogP contribution in [0.5, 0.6) is 0 Å². The van der Waals surface area contributed by atoms with Gasteiger partial charge in [0.2, 0.25) is 0 Å². The molecule has 1 unspecified atom stereocenters. The molecule has 0 aliphatic rings. The van der Waals surface area contributed by atoms with Crippen LogP contribution in [0, 0.1) is 0 Å². The molecular weight excluding hydrogens is 268 g/mol. The molecule has 11 heavy (non-hydrogen) atoms. The van der Waals surface area contributed by atoms with Crippen LogP contribution in [0.3, 0.4) is 0 Å². The van der Waals surface area contributed by atoms with Crippen molar-refractivity contribution in [2.24, 2.45) is 0 Å². The highest BCUT2D eigenvalue weighted by atomic mass is 127. The first kappa shape index (κ1) is 11.3. The Morgan fingerprint density at radius 3 is 2.00 bits per heavy atom. The fourth-order valence-corrected chi connectivity index (χ4v) is 1.29. The lowest BCUT2D eigenvalue weighted by atomic mass is 10.00. The van der Waals surface area contributed by atoms with Crippen LogP contribution in [-0.2, 0) is 0 Å². The van der Waals surface area contributed by atoms with Crippen molar-refractivity contribution in [1.29, 1.82) is 0 Å². The summed E-state index contributed by atoms with van der Waals surface area (Å²) < 4.78 is 34.9. The molecule has 0 rings (SSSR count). The number of halogens is 4. The Labute approximate surface area is 78.0 Å². The summed E-state index contributed by atoms with van der Waals surface area (Å²) in [6.45, 7) is 4.63. The molecule has 0 N–H and O–H groups in total. The minimum atomic E-state index is -3.31. The third-order valence-corrected chi connectivity index (χ3v) is 2.50. The van der Waals surface area contributed by atoms with Gasteiger partial charge in [0.1, 0.15) is 0 Å². The second kappa shape index (κ2) is 3.78. The standard InChI is InChI=1S/C7H10F3I/c1-3-5-6(8,4-2)7(9,10)11/h3H,1,4-5H2,2H3. The number of hydrogen-bond donors (Lipinski definition) is 0. The van der Waals surface area contributed by atoms with E-state index in [1.807, 2.05) is 0 Å². The smallest absolute Gasteiger partial charge is 0.236 e. The van der Waals surface area contributed by atoms with Crippen LogP contribution in [-0.4, -0.2) is 9.60 Å². The fourth-order valence-electron chi connectivity index (χ4n) is 0.689. The van der Waals surface area contributed by atoms with Crippen molar-refractivity contribution in [1.82, 2.24) is 0 Å². The molecule has 0 aliphatic carbocycles. The molecule has 0 aromatic rings. The van der Waals surface area contributed by atoms with Gasteiger partial charge in [-0.1, -0.05) is 13.0 Å². The normalized spacial score (nSPS) is 17.5. The summed E-state index contributed by atoms with van der Waals surface area (Å²) in [7, 11) is 0. The van der Waals surface area contributed by atoms with E-state index in [0.29, 0.717) is 0 Å². The van der Waals surface area contributed by atoms with Gasteiger partial charge >= 0.3 is 3.93 Å². The Bertz CT molecular complexity index is 141. The lowest BCUT2D eigenvalue weighted by Gasteiger charge is -2.27. The Morgan fingerprint density at radius 1 is 1.45 bits per heavy atom. The first-order valence-electron chi connectivity index (χ1n) is 3.24. The number of alkyl halides is 4. The lowest BCUT2D eigenvalue weighted by Crippen LogP contribution is -2.38. The number of hydrogen-bond acceptors (Lipinski definition) is 0. The second-order valence-corrected chi connectivity index (χ2v) is 3.66. The van der Waals surface area contributed by atoms with Crippen molar-refractivity contribution in [3.05, 3.63) is 12.7 Å². The first-order valence-corrected chi connectivity index (χ1v) is 4.32. The Morgan fingerprint density at radius 2 is 1.91 bits per heavy atom. The number of rotatable bonds is 4. The van der Waals surface area contributed by atoms with E-state index in [2.05, 4.69) is 6.58 Å². The van der Waals surface area contributed by atoms with Crippen LogP contribution in [0.25, 0.3) is 0 Å². The van der Waals surface area contributed by atoms with E-state index >= 15 is 0 Å². The van der Waals surface area contributed by atoms with Crippen molar-refractivity contribution in [2.75, 3.05) is 0 Å². The molecular formula is C7H10F3I. The van der Waals surface area contributed by atoms with Crippen molar-refractivity contribution in [3.8, 4) is 0 Å². The van der Waals surface area contributed by atoms with Gasteiger partial charge < -0.3 is 0 Å². The van der Waals surface area contributed by atoms with Gasteiger partial charge in [-0.25, -0.2) is 4.39 Å². The van der Waals surface area contributed by atoms with E-state index in [4.69, 9.17) is 0 Å². The Hall–Kier alpha value is 0.260. The highest BCUT2D eigenvalue weighted by Crippen LogP contribution is 2.43. The van der Waals surface area contributed by atoms with Crippen LogP contribution in [0.4, 0.5) is 13.2 Å². The van der Waals surface area contributed by atoms with Crippen LogP contribution in [0.2, 0.25) is 0 Å². The third-order valence-electron chi connectivity index (χ3n) is 1.54. The van der Waals surface area contributed by atoms with Gasteiger partial charge in [0.15, 0.2) is 5.67 Å². The van der Waals surface area contributed by atoms with Crippen molar-refractivity contribution < 1.29 is 13.2 Å². The zero-order valence-corrected chi connectivity index (χ0v) is 8.37. The molecule has 66 valence electrons. The lowest BCUT2D eigenvalue weighted by molar-refractivity contribution is -0.0500. The van der Waals surface area contributed by atoms with E-state index < -0.39 is 9.60 Å². The molecule has 1 atom stereocenters. The molecule has 0 aromatic heterocycles. The largest absolute Gasteiger partial charge is 0.329 e. The van der Waals surface area contributed by atoms with Gasteiger partial charge in [-0.05, 0) is 6.42 Å². The van der Waals surface area contributed by atoms with E-state index in [1.54, 1.807) is 0 Å². The van der Waals surface area contributed by atoms with Gasteiger partial charge in [-0.3, -0.25) is 0 Å². The molecule has 0 aromatic carbocycles. The highest BCUT2D eigenvalue weighted by Gasteiger charge is 2.50. The molecule has 0 amide bonds. The van der Waals surface area contributed by atoms with Gasteiger partial charge in [0, 0.05) is 29.0 Å². The van der Waals surface area contributed by atoms with E-state index in [-0.39, 0.29) is 12.8 Å². The zero-order chi connectivity index (χ0) is 9.12. The molecule has 0 saturated carbocycles. The average Bonchev–Trinajstić information content (AvgIpc) is 1.86. The molecule has 0 nitrogen and oxygen atoms in total. The maximum atomic E-state index is 13.2. The maximum Gasteiger partial charge on any atom is 0.329 e. The maximum absolute atomic E-state index is 13.2. The molecule has 0 aliphatic heterocycles. The summed E-state index contributed by atoms with van der Waals surface area (Å²) in [6, 6.07) is 0. The van der Waals surface area contributed by atoms with Crippen LogP contribution >= 0.6 is 22.6 Å². The van der Waals surface area contributed by atoms with Crippen LogP contribution in [0.1, 0.15) is 19.8 Å². The summed E-state index contributed by atoms with van der Waals surface area (Å²) in [5, 5.41) is 0. The zero-order valence-electron chi connectivity index (χ0n) is 6.21. The molecule has 0 heterocycles. The second-order valence-electron chi connectivity index (χ2n) is 2.31. The Balaban J connectivity index is 4.45. The predicted molar refractivity (Wildman–Crippen MR) is 47.9 cm³/mol. The summed E-state index contributed by atoms with van der Waals surface area (Å²) in [5.74, 6) is 0. The molecule has 0 spiro atoms. The third kappa shape index (κ3) is 2.65. The van der Waals surface area contributed by atoms with Crippen molar-refractivity contribution in [3.63, 3.8) is 0 Å². The van der Waals surface area contributed by atoms with E-state index in [0.717, 1.165) is 22.6 Å². The minimum absolute atomic E-state index is 0.199. The summed E-state index contributed by atoms with van der Waals surface area (Å²) >= 11 is 0.823. The summed E-state index contributed by atoms with van der Waals surface area (Å²) in [6.07, 6.45) is 0.671. The molecule has 0 radical (unpaired) electrons. The monoisotopic (exact) mass is 278 g/mol. The van der Waals surface area contributed by atoms with Crippen LogP contribution < -0.4 is 0 Å². The van der Waals surface area contributed by atoms with Gasteiger partial charge in [0.25, 0.3) is 0 Å². The molecule has 0 fully saturated rings. The van der Waals surface area contributed by atoms with Crippen LogP contribution in [0.15, 0.2) is 12.7 Å². The quantitative estimate of drug-likeness (QED) is 0.418. The fraction of sp³-hybridized carbons (Fsp3) is 0.714. The first-order chi connectivity index (χ1) is 4.87. The van der Waals surface area contributed by atoms with Crippen molar-refractivity contribution >= 4 is 22.6 Å². The van der Waals surface area contributed by atoms with E-state index in [9.17, 15) is 13.2 Å². The Kier molecular flexibility index (Phi) is 3.87. The SMILES string of the molecule is C=CCC(F)(CC)C(F)(F)I. The average molecular weight is 278 g/mol. The topological polar surface area (TPSA) is 0 Å². The van der Waals surface area contributed by atoms with Gasteiger partial charge in [-0.2, -0.15) is 8.78 Å². The highest BCUT2D eigenvalue weighted by molar-refractivity contribution is 14.1. The van der Waals surface area contributed by atoms with Crippen molar-refractivity contribution in [2.45, 2.75) is 29.4 Å². The summed E-state index contributed by atoms with van der Waals surface area (Å²) in [5.41, 5.74) is -2.44. The predicted octanol–water partition coefficient (Wildman–Crippen LogP) is 3.71. The molecule has 0 saturated heterocycles.